The first kappa shape index (κ1) is 24.9. The van der Waals surface area contributed by atoms with Crippen LogP contribution in [0.1, 0.15) is 49.8 Å². The Bertz CT molecular complexity index is 922. The van der Waals surface area contributed by atoms with Gasteiger partial charge in [-0.1, -0.05) is 54.1 Å². The first-order chi connectivity index (χ1) is 16.5. The Morgan fingerprint density at radius 3 is 2.32 bits per heavy atom. The number of ether oxygens (including phenoxy) is 2. The second-order valence-corrected chi connectivity index (χ2v) is 9.83. The van der Waals surface area contributed by atoms with Gasteiger partial charge in [-0.2, -0.15) is 0 Å². The molecule has 0 spiro atoms. The molecule has 5 nitrogen and oxygen atoms in total. The van der Waals surface area contributed by atoms with Gasteiger partial charge in [-0.25, -0.2) is 0 Å². The lowest BCUT2D eigenvalue weighted by Gasteiger charge is -2.46. The van der Waals surface area contributed by atoms with Gasteiger partial charge >= 0.3 is 0 Å². The van der Waals surface area contributed by atoms with Crippen LogP contribution in [0.15, 0.2) is 66.7 Å². The van der Waals surface area contributed by atoms with Crippen molar-refractivity contribution < 1.29 is 14.6 Å². The Morgan fingerprint density at radius 2 is 1.68 bits per heavy atom. The third-order valence-corrected chi connectivity index (χ3v) is 7.53. The van der Waals surface area contributed by atoms with Gasteiger partial charge < -0.3 is 19.5 Å². The minimum absolute atomic E-state index is 0.0133. The van der Waals surface area contributed by atoms with Gasteiger partial charge in [0.25, 0.3) is 0 Å². The van der Waals surface area contributed by atoms with Crippen molar-refractivity contribution in [2.75, 3.05) is 32.2 Å². The van der Waals surface area contributed by atoms with Crippen molar-refractivity contribution in [1.82, 2.24) is 4.90 Å². The van der Waals surface area contributed by atoms with E-state index in [1.807, 2.05) is 0 Å². The lowest BCUT2D eigenvalue weighted by molar-refractivity contribution is -0.00461. The van der Waals surface area contributed by atoms with Gasteiger partial charge in [0.15, 0.2) is 0 Å². The molecule has 0 radical (unpaired) electrons. The number of nitrogens with zero attached hydrogens (tertiary/aromatic N) is 2. The Balaban J connectivity index is 1.68. The summed E-state index contributed by atoms with van der Waals surface area (Å²) in [5.74, 6) is 0. The van der Waals surface area contributed by atoms with E-state index in [0.29, 0.717) is 0 Å². The van der Waals surface area contributed by atoms with Crippen LogP contribution in [-0.2, 0) is 15.9 Å². The minimum Gasteiger partial charge on any atom is -0.377 e. The molecule has 34 heavy (non-hydrogen) atoms. The molecule has 2 aliphatic rings. The topological polar surface area (TPSA) is 45.2 Å². The highest BCUT2D eigenvalue weighted by Crippen LogP contribution is 2.41. The highest BCUT2D eigenvalue weighted by molar-refractivity contribution is 5.58. The van der Waals surface area contributed by atoms with Crippen molar-refractivity contribution in [1.29, 1.82) is 0 Å². The van der Waals surface area contributed by atoms with Gasteiger partial charge in [-0.05, 0) is 56.2 Å². The van der Waals surface area contributed by atoms with Crippen LogP contribution in [0.4, 0.5) is 5.69 Å². The van der Waals surface area contributed by atoms with Crippen molar-refractivity contribution in [3.63, 3.8) is 0 Å². The number of aryl methyl sites for hydroxylation is 1. The molecule has 184 valence electrons. The van der Waals surface area contributed by atoms with E-state index in [0.717, 1.165) is 50.9 Å². The first-order valence-electron chi connectivity index (χ1n) is 12.6. The van der Waals surface area contributed by atoms with E-state index in [1.165, 1.54) is 16.7 Å². The van der Waals surface area contributed by atoms with E-state index in [2.05, 4.69) is 77.9 Å². The molecule has 0 bridgehead atoms. The normalized spacial score (nSPS) is 24.6. The van der Waals surface area contributed by atoms with Crippen molar-refractivity contribution in [3.05, 3.63) is 77.9 Å². The van der Waals surface area contributed by atoms with Crippen molar-refractivity contribution in [3.8, 4) is 0 Å². The van der Waals surface area contributed by atoms with Gasteiger partial charge in [0.05, 0.1) is 24.3 Å². The first-order valence-corrected chi connectivity index (χ1v) is 12.6. The number of aliphatic hydroxyl groups excluding tert-OH is 1. The molecule has 0 saturated carbocycles. The maximum absolute atomic E-state index is 12.1. The predicted molar refractivity (Wildman–Crippen MR) is 138 cm³/mol. The van der Waals surface area contributed by atoms with Crippen LogP contribution in [0.5, 0.6) is 0 Å². The SMILES string of the molecule is C=C(C)CCCC(C(O)N1c2ccccc2CCC1c1ccccc1)N1CC(OC)C(OC)C1. The number of fused-ring (bicyclic) bond motifs is 1. The third-order valence-electron chi connectivity index (χ3n) is 7.53. The summed E-state index contributed by atoms with van der Waals surface area (Å²) in [6.45, 7) is 7.69. The van der Waals surface area contributed by atoms with Gasteiger partial charge in [-0.3, -0.25) is 4.90 Å². The number of benzene rings is 2. The van der Waals surface area contributed by atoms with Crippen molar-refractivity contribution >= 4 is 5.69 Å². The van der Waals surface area contributed by atoms with Crippen molar-refractivity contribution in [2.24, 2.45) is 0 Å². The summed E-state index contributed by atoms with van der Waals surface area (Å²) in [5, 5.41) is 12.1. The molecular formula is C29H40N2O3. The molecule has 2 aromatic rings. The molecular weight excluding hydrogens is 424 g/mol. The molecule has 5 unspecified atom stereocenters. The average Bonchev–Trinajstić information content (AvgIpc) is 3.29. The number of methoxy groups -OCH3 is 2. The van der Waals surface area contributed by atoms with Crippen LogP contribution in [0.3, 0.4) is 0 Å². The molecule has 2 aliphatic heterocycles. The zero-order chi connectivity index (χ0) is 24.1. The largest absolute Gasteiger partial charge is 0.377 e. The average molecular weight is 465 g/mol. The van der Waals surface area contributed by atoms with Crippen LogP contribution in [0, 0.1) is 0 Å². The maximum atomic E-state index is 12.1. The van der Waals surface area contributed by atoms with E-state index in [4.69, 9.17) is 9.47 Å². The fourth-order valence-corrected chi connectivity index (χ4v) is 5.72. The van der Waals surface area contributed by atoms with Gasteiger partial charge in [0.1, 0.15) is 6.23 Å². The quantitative estimate of drug-likeness (QED) is 0.504. The number of aliphatic hydroxyl groups is 1. The zero-order valence-electron chi connectivity index (χ0n) is 20.9. The molecule has 4 rings (SSSR count). The second-order valence-electron chi connectivity index (χ2n) is 9.83. The lowest BCUT2D eigenvalue weighted by Crippen LogP contribution is -2.54. The molecule has 2 heterocycles. The highest BCUT2D eigenvalue weighted by Gasteiger charge is 2.42. The molecule has 1 saturated heterocycles. The molecule has 1 N–H and O–H groups in total. The van der Waals surface area contributed by atoms with Crippen molar-refractivity contribution in [2.45, 2.75) is 69.5 Å². The number of anilines is 1. The summed E-state index contributed by atoms with van der Waals surface area (Å²) in [6.07, 6.45) is 4.23. The number of likely N-dealkylation sites (tertiary alicyclic amines) is 1. The van der Waals surface area contributed by atoms with E-state index in [-0.39, 0.29) is 24.3 Å². The summed E-state index contributed by atoms with van der Waals surface area (Å²) >= 11 is 0. The van der Waals surface area contributed by atoms with Crippen LogP contribution in [-0.4, -0.2) is 61.8 Å². The van der Waals surface area contributed by atoms with Crippen LogP contribution < -0.4 is 4.90 Å². The van der Waals surface area contributed by atoms with Gasteiger partial charge in [-0.15, -0.1) is 6.58 Å². The number of rotatable bonds is 10. The predicted octanol–water partition coefficient (Wildman–Crippen LogP) is 4.96. The van der Waals surface area contributed by atoms with E-state index in [1.54, 1.807) is 14.2 Å². The Hall–Kier alpha value is -2.18. The smallest absolute Gasteiger partial charge is 0.143 e. The lowest BCUT2D eigenvalue weighted by atomic mass is 9.89. The fourth-order valence-electron chi connectivity index (χ4n) is 5.72. The van der Waals surface area contributed by atoms with Crippen LogP contribution in [0.25, 0.3) is 0 Å². The second kappa shape index (κ2) is 11.5. The van der Waals surface area contributed by atoms with E-state index >= 15 is 0 Å². The van der Waals surface area contributed by atoms with E-state index in [9.17, 15) is 5.11 Å². The summed E-state index contributed by atoms with van der Waals surface area (Å²) < 4.78 is 11.5. The molecule has 2 aromatic carbocycles. The summed E-state index contributed by atoms with van der Waals surface area (Å²) in [6, 6.07) is 19.3. The summed E-state index contributed by atoms with van der Waals surface area (Å²) in [7, 11) is 3.50. The number of para-hydroxylation sites is 1. The van der Waals surface area contributed by atoms with Crippen LogP contribution in [0.2, 0.25) is 0 Å². The zero-order valence-corrected chi connectivity index (χ0v) is 20.9. The molecule has 1 fully saturated rings. The number of allylic oxidation sites excluding steroid dienone is 1. The monoisotopic (exact) mass is 464 g/mol. The molecule has 5 atom stereocenters. The highest BCUT2D eigenvalue weighted by atomic mass is 16.5. The number of hydrogen-bond acceptors (Lipinski definition) is 5. The van der Waals surface area contributed by atoms with E-state index < -0.39 is 6.23 Å². The summed E-state index contributed by atoms with van der Waals surface area (Å²) in [4.78, 5) is 4.66. The molecule has 0 aliphatic carbocycles. The Labute approximate surface area is 205 Å². The Kier molecular flexibility index (Phi) is 8.43. The molecule has 5 heteroatoms. The summed E-state index contributed by atoms with van der Waals surface area (Å²) in [5.41, 5.74) is 4.89. The Morgan fingerprint density at radius 1 is 1.03 bits per heavy atom. The number of hydrogen-bond donors (Lipinski definition) is 1. The van der Waals surface area contributed by atoms with Gasteiger partial charge in [0.2, 0.25) is 0 Å². The van der Waals surface area contributed by atoms with Gasteiger partial charge in [0, 0.05) is 33.0 Å². The molecule has 0 amide bonds. The standard InChI is InChI=1S/C29H40N2O3/c1-21(2)11-10-16-26(30-19-27(33-3)28(20-30)34-4)29(32)31-24-15-9-8-14-23(24)17-18-25(31)22-12-6-5-7-13-22/h5-9,12-15,25-29,32H,1,10-11,16-20H2,2-4H3. The van der Waals surface area contributed by atoms with Crippen LogP contribution >= 0.6 is 0 Å². The third kappa shape index (κ3) is 5.38. The maximum Gasteiger partial charge on any atom is 0.143 e. The minimum atomic E-state index is -0.648. The fraction of sp³-hybridized carbons (Fsp3) is 0.517. The molecule has 0 aromatic heterocycles.